The van der Waals surface area contributed by atoms with Crippen LogP contribution in [0.5, 0.6) is 5.75 Å². The van der Waals surface area contributed by atoms with Gasteiger partial charge < -0.3 is 14.8 Å². The average molecular weight is 443 g/mol. The van der Waals surface area contributed by atoms with Gasteiger partial charge in [0.25, 0.3) is 0 Å². The zero-order valence-electron chi connectivity index (χ0n) is 18.4. The number of aromatic nitrogens is 1. The van der Waals surface area contributed by atoms with Gasteiger partial charge in [0.2, 0.25) is 5.91 Å². The lowest BCUT2D eigenvalue weighted by molar-refractivity contribution is -0.122. The molecule has 0 fully saturated rings. The fourth-order valence-corrected chi connectivity index (χ4v) is 3.45. The van der Waals surface area contributed by atoms with Crippen LogP contribution < -0.4 is 10.1 Å². The molecule has 1 aromatic carbocycles. The number of fused-ring (bicyclic) bond motifs is 1. The Hall–Kier alpha value is -2.98. The Morgan fingerprint density at radius 1 is 1.45 bits per heavy atom. The van der Waals surface area contributed by atoms with Gasteiger partial charge in [-0.05, 0) is 50.3 Å². The molecule has 0 radical (unpaired) electrons. The van der Waals surface area contributed by atoms with Gasteiger partial charge in [0.15, 0.2) is 5.82 Å². The summed E-state index contributed by atoms with van der Waals surface area (Å²) in [6.45, 7) is 9.73. The van der Waals surface area contributed by atoms with Crippen molar-refractivity contribution >= 4 is 28.6 Å². The summed E-state index contributed by atoms with van der Waals surface area (Å²) in [4.78, 5) is 16.9. The maximum Gasteiger partial charge on any atom is 0.237 e. The van der Waals surface area contributed by atoms with Gasteiger partial charge in [-0.2, -0.15) is 0 Å². The first-order valence-corrected chi connectivity index (χ1v) is 10.8. The van der Waals surface area contributed by atoms with Gasteiger partial charge in [0.05, 0.1) is 18.9 Å². The third-order valence-corrected chi connectivity index (χ3v) is 5.74. The smallest absolute Gasteiger partial charge is 0.237 e. The molecule has 31 heavy (non-hydrogen) atoms. The minimum Gasteiger partial charge on any atom is -0.504 e. The highest BCUT2D eigenvalue weighted by molar-refractivity contribution is 7.99. The lowest BCUT2D eigenvalue weighted by atomic mass is 9.90. The molecule has 0 aliphatic heterocycles. The normalized spacial score (nSPS) is 12.7. The van der Waals surface area contributed by atoms with Crippen LogP contribution in [0.1, 0.15) is 26.3 Å². The number of nitrogens with one attached hydrogen (secondary N) is 1. The lowest BCUT2D eigenvalue weighted by Crippen LogP contribution is -2.49. The Bertz CT molecular complexity index is 1060. The Morgan fingerprint density at radius 2 is 2.16 bits per heavy atom. The number of pyridine rings is 1. The van der Waals surface area contributed by atoms with Crippen molar-refractivity contribution in [3.8, 4) is 18.1 Å². The largest absolute Gasteiger partial charge is 0.504 e. The monoisotopic (exact) mass is 442 g/mol. The molecule has 1 unspecified atom stereocenters. The van der Waals surface area contributed by atoms with E-state index in [1.54, 1.807) is 25.5 Å². The van der Waals surface area contributed by atoms with E-state index < -0.39 is 16.6 Å². The molecule has 1 atom stereocenters. The third-order valence-electron chi connectivity index (χ3n) is 4.82. The predicted molar refractivity (Wildman–Crippen MR) is 125 cm³/mol. The number of rotatable bonds is 9. The first-order valence-electron chi connectivity index (χ1n) is 9.55. The molecule has 2 aromatic rings. The van der Waals surface area contributed by atoms with Gasteiger partial charge in [-0.15, -0.1) is 18.2 Å². The van der Waals surface area contributed by atoms with Crippen LogP contribution in [0.3, 0.4) is 0 Å². The summed E-state index contributed by atoms with van der Waals surface area (Å²) < 4.78 is 25.2. The topological polar surface area (TPSA) is 60.5 Å². The number of terminal acetylenes is 1. The Kier molecular flexibility index (Phi) is 8.12. The number of nitrogens with zero attached hydrogens (tertiary/aromatic N) is 1. The summed E-state index contributed by atoms with van der Waals surface area (Å²) in [5.41, 5.74) is 1.64. The van der Waals surface area contributed by atoms with Gasteiger partial charge in [-0.1, -0.05) is 12.5 Å². The standard InChI is InChI=1S/C24H27FN2O3S/c1-8-17-9-18-10-19(11-20(25)22(18)26-12-17)30-14-21(31-7)23(28)27-24(4,5)16(3)15(2)13-29-6/h1,9-13,21H,3,14H2,2,4-7H3,(H,27,28). The first-order chi connectivity index (χ1) is 14.6. The third kappa shape index (κ3) is 6.02. The molecule has 0 saturated carbocycles. The Balaban J connectivity index is 2.12. The van der Waals surface area contributed by atoms with E-state index in [1.165, 1.54) is 24.0 Å². The molecule has 1 amide bonds. The van der Waals surface area contributed by atoms with Gasteiger partial charge in [-0.3, -0.25) is 9.78 Å². The van der Waals surface area contributed by atoms with Crippen molar-refractivity contribution < 1.29 is 18.7 Å². The van der Waals surface area contributed by atoms with E-state index >= 15 is 0 Å². The van der Waals surface area contributed by atoms with Crippen molar-refractivity contribution in [1.82, 2.24) is 10.3 Å². The van der Waals surface area contributed by atoms with Crippen LogP contribution in [0.4, 0.5) is 4.39 Å². The number of hydrogen-bond acceptors (Lipinski definition) is 5. The van der Waals surface area contributed by atoms with Crippen LogP contribution in [-0.4, -0.2) is 41.7 Å². The number of ether oxygens (including phenoxy) is 2. The van der Waals surface area contributed by atoms with E-state index in [0.29, 0.717) is 16.7 Å². The van der Waals surface area contributed by atoms with Gasteiger partial charge in [0.1, 0.15) is 23.1 Å². The molecule has 0 bridgehead atoms. The molecule has 1 aromatic heterocycles. The van der Waals surface area contributed by atoms with E-state index in [2.05, 4.69) is 22.8 Å². The zero-order chi connectivity index (χ0) is 23.2. The SMILES string of the molecule is C#Cc1cnc2c(F)cc(OCC(SC)C(=O)NC(C)(C)C(=C)C(C)=COC)cc2c1. The molecule has 1 heterocycles. The molecule has 1 N–H and O–H groups in total. The van der Waals surface area contributed by atoms with Crippen molar-refractivity contribution in [2.45, 2.75) is 31.6 Å². The Morgan fingerprint density at radius 3 is 2.77 bits per heavy atom. The second kappa shape index (κ2) is 10.4. The fraction of sp³-hybridized carbons (Fsp3) is 0.333. The highest BCUT2D eigenvalue weighted by Crippen LogP contribution is 2.25. The number of halogens is 1. The predicted octanol–water partition coefficient (Wildman–Crippen LogP) is 4.47. The summed E-state index contributed by atoms with van der Waals surface area (Å²) in [6, 6.07) is 4.58. The lowest BCUT2D eigenvalue weighted by Gasteiger charge is -2.31. The van der Waals surface area contributed by atoms with E-state index in [-0.39, 0.29) is 18.0 Å². The zero-order valence-corrected chi connectivity index (χ0v) is 19.2. The molecule has 164 valence electrons. The maximum absolute atomic E-state index is 14.4. The molecule has 5 nitrogen and oxygen atoms in total. The minimum atomic E-state index is -0.684. The Labute approximate surface area is 187 Å². The number of carbonyl (C=O) groups is 1. The van der Waals surface area contributed by atoms with Gasteiger partial charge >= 0.3 is 0 Å². The second-order valence-corrected chi connectivity index (χ2v) is 8.55. The summed E-state index contributed by atoms with van der Waals surface area (Å²) in [6.07, 6.45) is 10.2. The van der Waals surface area contributed by atoms with Crippen molar-refractivity contribution in [1.29, 1.82) is 0 Å². The number of thioether (sulfide) groups is 1. The number of hydrogen-bond donors (Lipinski definition) is 1. The van der Waals surface area contributed by atoms with Crippen LogP contribution in [0.2, 0.25) is 0 Å². The minimum absolute atomic E-state index is 0.0651. The van der Waals surface area contributed by atoms with Crippen molar-refractivity contribution in [2.24, 2.45) is 0 Å². The molecule has 0 saturated heterocycles. The van der Waals surface area contributed by atoms with Gasteiger partial charge in [-0.25, -0.2) is 4.39 Å². The number of amides is 1. The molecule has 0 spiro atoms. The van der Waals surface area contributed by atoms with Crippen LogP contribution in [0.25, 0.3) is 10.9 Å². The van der Waals surface area contributed by atoms with E-state index in [1.807, 2.05) is 27.0 Å². The van der Waals surface area contributed by atoms with Crippen molar-refractivity contribution in [3.05, 3.63) is 59.8 Å². The number of benzene rings is 1. The first kappa shape index (κ1) is 24.3. The second-order valence-electron chi connectivity index (χ2n) is 7.51. The van der Waals surface area contributed by atoms with E-state index in [4.69, 9.17) is 15.9 Å². The number of methoxy groups -OCH3 is 1. The molecule has 0 aliphatic carbocycles. The quantitative estimate of drug-likeness (QED) is 0.353. The van der Waals surface area contributed by atoms with E-state index in [9.17, 15) is 9.18 Å². The van der Waals surface area contributed by atoms with Crippen LogP contribution in [0, 0.1) is 18.2 Å². The molecular weight excluding hydrogens is 415 g/mol. The molecule has 7 heteroatoms. The molecular formula is C24H27FN2O3S. The maximum atomic E-state index is 14.4. The fourth-order valence-electron chi connectivity index (χ4n) is 2.97. The van der Waals surface area contributed by atoms with Crippen molar-refractivity contribution in [2.75, 3.05) is 20.0 Å². The molecule has 0 aliphatic rings. The summed E-state index contributed by atoms with van der Waals surface area (Å²) in [7, 11) is 1.56. The van der Waals surface area contributed by atoms with Crippen molar-refractivity contribution in [3.63, 3.8) is 0 Å². The highest BCUT2D eigenvalue weighted by Gasteiger charge is 2.29. The summed E-state index contributed by atoms with van der Waals surface area (Å²) in [5.74, 6) is 2.06. The van der Waals surface area contributed by atoms with Crippen LogP contribution >= 0.6 is 11.8 Å². The molecule has 2 rings (SSSR count). The number of carbonyl (C=O) groups excluding carboxylic acids is 1. The van der Waals surface area contributed by atoms with E-state index in [0.717, 1.165) is 11.1 Å². The average Bonchev–Trinajstić information content (AvgIpc) is 2.72. The summed E-state index contributed by atoms with van der Waals surface area (Å²) >= 11 is 1.34. The summed E-state index contributed by atoms with van der Waals surface area (Å²) in [5, 5.41) is 3.03. The van der Waals surface area contributed by atoms with Gasteiger partial charge in [0, 0.05) is 23.2 Å². The van der Waals surface area contributed by atoms with Crippen LogP contribution in [-0.2, 0) is 9.53 Å². The van der Waals surface area contributed by atoms with Crippen LogP contribution in [0.15, 0.2) is 48.4 Å². The highest BCUT2D eigenvalue weighted by atomic mass is 32.2.